The normalized spacial score (nSPS) is 11.5. The van der Waals surface area contributed by atoms with E-state index in [1.807, 2.05) is 19.1 Å². The zero-order valence-electron chi connectivity index (χ0n) is 10.7. The molecule has 1 unspecified atom stereocenters. The summed E-state index contributed by atoms with van der Waals surface area (Å²) in [4.78, 5) is 21.8. The van der Waals surface area contributed by atoms with Gasteiger partial charge in [-0.2, -0.15) is 0 Å². The topological polar surface area (TPSA) is 119 Å². The number of primary amides is 1. The Bertz CT molecular complexity index is 448. The number of benzene rings is 1. The van der Waals surface area contributed by atoms with E-state index in [1.165, 1.54) is 0 Å². The summed E-state index contributed by atoms with van der Waals surface area (Å²) in [6, 6.07) is 6.75. The molecule has 104 valence electrons. The van der Waals surface area contributed by atoms with Crippen LogP contribution >= 0.6 is 0 Å². The first-order valence-corrected chi connectivity index (χ1v) is 5.81. The van der Waals surface area contributed by atoms with Crippen molar-refractivity contribution in [1.82, 2.24) is 5.32 Å². The molecule has 0 aliphatic rings. The molecular formula is C12H18N4O3. The van der Waals surface area contributed by atoms with E-state index in [0.29, 0.717) is 5.69 Å². The molecule has 1 atom stereocenters. The van der Waals surface area contributed by atoms with Crippen molar-refractivity contribution in [2.75, 3.05) is 18.5 Å². The van der Waals surface area contributed by atoms with Gasteiger partial charge in [0.05, 0.1) is 6.54 Å². The van der Waals surface area contributed by atoms with E-state index in [-0.39, 0.29) is 19.2 Å². The number of anilines is 1. The zero-order valence-corrected chi connectivity index (χ0v) is 10.7. The molecule has 0 radical (unpaired) electrons. The van der Waals surface area contributed by atoms with Gasteiger partial charge in [-0.3, -0.25) is 0 Å². The molecule has 1 rings (SSSR count). The van der Waals surface area contributed by atoms with Crippen LogP contribution < -0.4 is 22.1 Å². The van der Waals surface area contributed by atoms with Crippen LogP contribution in [0, 0.1) is 0 Å². The molecule has 0 saturated heterocycles. The van der Waals surface area contributed by atoms with Crippen molar-refractivity contribution in [3.63, 3.8) is 0 Å². The van der Waals surface area contributed by atoms with Crippen molar-refractivity contribution in [2.24, 2.45) is 11.5 Å². The third-order valence-electron chi connectivity index (χ3n) is 2.30. The lowest BCUT2D eigenvalue weighted by Crippen LogP contribution is -2.32. The maximum Gasteiger partial charge on any atom is 0.404 e. The van der Waals surface area contributed by atoms with Gasteiger partial charge in [0.2, 0.25) is 0 Å². The Hall–Kier alpha value is -2.28. The van der Waals surface area contributed by atoms with Gasteiger partial charge in [-0.15, -0.1) is 0 Å². The zero-order chi connectivity index (χ0) is 14.3. The van der Waals surface area contributed by atoms with Crippen LogP contribution in [-0.4, -0.2) is 25.3 Å². The fraction of sp³-hybridized carbons (Fsp3) is 0.333. The molecule has 1 aromatic rings. The number of ether oxygens (including phenoxy) is 1. The van der Waals surface area contributed by atoms with Crippen LogP contribution in [0.25, 0.3) is 0 Å². The lowest BCUT2D eigenvalue weighted by atomic mass is 10.1. The molecule has 19 heavy (non-hydrogen) atoms. The van der Waals surface area contributed by atoms with Crippen molar-refractivity contribution in [2.45, 2.75) is 13.0 Å². The number of hydrogen-bond donors (Lipinski definition) is 4. The number of hydrogen-bond acceptors (Lipinski definition) is 4. The highest BCUT2D eigenvalue weighted by Crippen LogP contribution is 2.15. The van der Waals surface area contributed by atoms with E-state index >= 15 is 0 Å². The van der Waals surface area contributed by atoms with Crippen LogP contribution in [0.2, 0.25) is 0 Å². The largest absolute Gasteiger partial charge is 0.448 e. The second-order valence-electron chi connectivity index (χ2n) is 3.96. The summed E-state index contributed by atoms with van der Waals surface area (Å²) < 4.78 is 4.47. The summed E-state index contributed by atoms with van der Waals surface area (Å²) in [6.45, 7) is 2.07. The number of rotatable bonds is 5. The maximum absolute atomic E-state index is 11.5. The van der Waals surface area contributed by atoms with E-state index in [1.54, 1.807) is 12.1 Å². The number of nitrogens with two attached hydrogens (primary N) is 2. The van der Waals surface area contributed by atoms with Gasteiger partial charge in [-0.05, 0) is 24.6 Å². The summed E-state index contributed by atoms with van der Waals surface area (Å²) in [5, 5.41) is 5.17. The molecule has 0 aliphatic carbocycles. The fourth-order valence-electron chi connectivity index (χ4n) is 1.39. The van der Waals surface area contributed by atoms with Gasteiger partial charge in [0.1, 0.15) is 6.61 Å². The van der Waals surface area contributed by atoms with E-state index in [9.17, 15) is 9.59 Å². The summed E-state index contributed by atoms with van der Waals surface area (Å²) in [6.07, 6.45) is -0.869. The molecule has 0 aromatic heterocycles. The standard InChI is InChI=1S/C12H18N4O3/c1-8(13)9-3-2-4-10(7-9)16-12(18)15-5-6-19-11(14)17/h2-4,7-8H,5-6,13H2,1H3,(H2,14,17)(H2,15,16,18). The lowest BCUT2D eigenvalue weighted by molar-refractivity contribution is 0.157. The van der Waals surface area contributed by atoms with Gasteiger partial charge in [-0.25, -0.2) is 9.59 Å². The smallest absolute Gasteiger partial charge is 0.404 e. The summed E-state index contributed by atoms with van der Waals surface area (Å²) in [5.74, 6) is 0. The fourth-order valence-corrected chi connectivity index (χ4v) is 1.39. The Kier molecular flexibility index (Phi) is 5.62. The SMILES string of the molecule is CC(N)c1cccc(NC(=O)NCCOC(N)=O)c1. The third kappa shape index (κ3) is 5.73. The minimum absolute atomic E-state index is 0.0304. The summed E-state index contributed by atoms with van der Waals surface area (Å²) in [7, 11) is 0. The average molecular weight is 266 g/mol. The van der Waals surface area contributed by atoms with Gasteiger partial charge in [0.15, 0.2) is 0 Å². The molecule has 6 N–H and O–H groups in total. The molecule has 0 saturated carbocycles. The first-order valence-electron chi connectivity index (χ1n) is 5.81. The molecule has 0 bridgehead atoms. The first-order chi connectivity index (χ1) is 8.99. The molecule has 3 amide bonds. The summed E-state index contributed by atoms with van der Waals surface area (Å²) >= 11 is 0. The molecule has 0 heterocycles. The number of amides is 3. The van der Waals surface area contributed by atoms with Crippen LogP contribution in [-0.2, 0) is 4.74 Å². The molecule has 7 heteroatoms. The highest BCUT2D eigenvalue weighted by molar-refractivity contribution is 5.89. The quantitative estimate of drug-likeness (QED) is 0.592. The van der Waals surface area contributed by atoms with Crippen LogP contribution in [0.1, 0.15) is 18.5 Å². The predicted molar refractivity (Wildman–Crippen MR) is 71.6 cm³/mol. The van der Waals surface area contributed by atoms with E-state index in [2.05, 4.69) is 15.4 Å². The highest BCUT2D eigenvalue weighted by Gasteiger charge is 2.04. The van der Waals surface area contributed by atoms with E-state index in [4.69, 9.17) is 11.5 Å². The van der Waals surface area contributed by atoms with Crippen LogP contribution in [0.3, 0.4) is 0 Å². The van der Waals surface area contributed by atoms with Crippen molar-refractivity contribution in [1.29, 1.82) is 0 Å². The van der Waals surface area contributed by atoms with Crippen molar-refractivity contribution >= 4 is 17.8 Å². The Labute approximate surface area is 111 Å². The highest BCUT2D eigenvalue weighted by atomic mass is 16.5. The first kappa shape index (κ1) is 14.8. The third-order valence-corrected chi connectivity index (χ3v) is 2.30. The van der Waals surface area contributed by atoms with Gasteiger partial charge >= 0.3 is 12.1 Å². The van der Waals surface area contributed by atoms with E-state index in [0.717, 1.165) is 5.56 Å². The van der Waals surface area contributed by atoms with Gasteiger partial charge in [0, 0.05) is 11.7 Å². The molecule has 0 fully saturated rings. The Balaban J connectivity index is 2.39. The monoisotopic (exact) mass is 266 g/mol. The Morgan fingerprint density at radius 1 is 1.42 bits per heavy atom. The lowest BCUT2D eigenvalue weighted by Gasteiger charge is -2.10. The molecule has 7 nitrogen and oxygen atoms in total. The Morgan fingerprint density at radius 3 is 2.79 bits per heavy atom. The van der Waals surface area contributed by atoms with Crippen LogP contribution in [0.5, 0.6) is 0 Å². The van der Waals surface area contributed by atoms with E-state index < -0.39 is 12.1 Å². The molecule has 1 aromatic carbocycles. The van der Waals surface area contributed by atoms with Gasteiger partial charge in [-0.1, -0.05) is 12.1 Å². The minimum Gasteiger partial charge on any atom is -0.448 e. The molecule has 0 spiro atoms. The van der Waals surface area contributed by atoms with Crippen LogP contribution in [0.4, 0.5) is 15.3 Å². The van der Waals surface area contributed by atoms with Crippen LogP contribution in [0.15, 0.2) is 24.3 Å². The number of carbonyl (C=O) groups is 2. The minimum atomic E-state index is -0.869. The molecular weight excluding hydrogens is 248 g/mol. The van der Waals surface area contributed by atoms with Gasteiger partial charge < -0.3 is 26.8 Å². The van der Waals surface area contributed by atoms with Crippen molar-refractivity contribution in [3.8, 4) is 0 Å². The van der Waals surface area contributed by atoms with Crippen molar-refractivity contribution in [3.05, 3.63) is 29.8 Å². The Morgan fingerprint density at radius 2 is 2.16 bits per heavy atom. The summed E-state index contributed by atoms with van der Waals surface area (Å²) in [5.41, 5.74) is 12.1. The molecule has 0 aliphatic heterocycles. The number of urea groups is 1. The average Bonchev–Trinajstić information content (AvgIpc) is 2.34. The number of carbonyl (C=O) groups excluding carboxylic acids is 2. The predicted octanol–water partition coefficient (Wildman–Crippen LogP) is 0.923. The second-order valence-corrected chi connectivity index (χ2v) is 3.96. The van der Waals surface area contributed by atoms with Gasteiger partial charge in [0.25, 0.3) is 0 Å². The number of nitrogens with one attached hydrogen (secondary N) is 2. The second kappa shape index (κ2) is 7.22. The van der Waals surface area contributed by atoms with Crippen molar-refractivity contribution < 1.29 is 14.3 Å². The maximum atomic E-state index is 11.5.